The standard InChI is InChI=1S/C14H18F2O.C14H14/c1-11(17)13(2,10-14(3,15)16)9-12-7-5-4-6-8-12;1-4-12-8-11(3)14-10(2)6-5-7-13(14)9-12/h4-8H,9-10H2,1-3H3;4-9H,1H2,2-3H3. The normalized spacial score (nSPS) is 13.1. The van der Waals surface area contributed by atoms with E-state index in [2.05, 4.69) is 50.8 Å². The van der Waals surface area contributed by atoms with Crippen molar-refractivity contribution in [1.82, 2.24) is 0 Å². The van der Waals surface area contributed by atoms with E-state index in [9.17, 15) is 13.6 Å². The van der Waals surface area contributed by atoms with E-state index in [0.29, 0.717) is 6.42 Å². The Morgan fingerprint density at radius 2 is 1.61 bits per heavy atom. The lowest BCUT2D eigenvalue weighted by atomic mass is 9.76. The maximum absolute atomic E-state index is 13.1. The van der Waals surface area contributed by atoms with Gasteiger partial charge >= 0.3 is 0 Å². The molecule has 0 aliphatic rings. The molecule has 0 aliphatic carbocycles. The molecule has 164 valence electrons. The van der Waals surface area contributed by atoms with Gasteiger partial charge < -0.3 is 0 Å². The Labute approximate surface area is 184 Å². The smallest absolute Gasteiger partial charge is 0.246 e. The molecule has 0 amide bonds. The zero-order valence-corrected chi connectivity index (χ0v) is 19.1. The lowest BCUT2D eigenvalue weighted by Crippen LogP contribution is -2.34. The Hall–Kier alpha value is -2.81. The van der Waals surface area contributed by atoms with Crippen molar-refractivity contribution < 1.29 is 13.6 Å². The van der Waals surface area contributed by atoms with E-state index in [0.717, 1.165) is 12.5 Å². The summed E-state index contributed by atoms with van der Waals surface area (Å²) < 4.78 is 26.3. The first kappa shape index (κ1) is 24.5. The molecule has 3 aromatic carbocycles. The van der Waals surface area contributed by atoms with Crippen LogP contribution >= 0.6 is 0 Å². The average molecular weight is 423 g/mol. The van der Waals surface area contributed by atoms with Crippen molar-refractivity contribution >= 4 is 22.6 Å². The molecule has 0 N–H and O–H groups in total. The Morgan fingerprint density at radius 1 is 0.968 bits per heavy atom. The third kappa shape index (κ3) is 6.85. The van der Waals surface area contributed by atoms with Gasteiger partial charge in [-0.3, -0.25) is 4.79 Å². The monoisotopic (exact) mass is 422 g/mol. The highest BCUT2D eigenvalue weighted by Gasteiger charge is 2.39. The number of hydrogen-bond donors (Lipinski definition) is 0. The zero-order chi connectivity index (χ0) is 23.2. The second kappa shape index (κ2) is 10.00. The topological polar surface area (TPSA) is 17.1 Å². The van der Waals surface area contributed by atoms with E-state index < -0.39 is 17.8 Å². The van der Waals surface area contributed by atoms with Crippen LogP contribution in [0.25, 0.3) is 16.8 Å². The number of carbonyl (C=O) groups is 1. The fourth-order valence-electron chi connectivity index (χ4n) is 4.05. The number of carbonyl (C=O) groups excluding carboxylic acids is 1. The van der Waals surface area contributed by atoms with E-state index in [-0.39, 0.29) is 5.78 Å². The van der Waals surface area contributed by atoms with E-state index in [1.54, 1.807) is 6.92 Å². The molecule has 0 aromatic heterocycles. The van der Waals surface area contributed by atoms with Crippen molar-refractivity contribution in [2.45, 2.75) is 53.4 Å². The predicted octanol–water partition coefficient (Wildman–Crippen LogP) is 7.97. The SMILES string of the molecule is C=Cc1cc(C)c2c(C)cccc2c1.CC(=O)C(C)(Cc1ccccc1)CC(C)(F)F. The van der Waals surface area contributed by atoms with Crippen molar-refractivity contribution in [3.05, 3.63) is 89.5 Å². The minimum atomic E-state index is -2.82. The maximum atomic E-state index is 13.1. The largest absolute Gasteiger partial charge is 0.299 e. The summed E-state index contributed by atoms with van der Waals surface area (Å²) in [5, 5.41) is 2.68. The van der Waals surface area contributed by atoms with Crippen LogP contribution in [0.15, 0.2) is 67.2 Å². The van der Waals surface area contributed by atoms with Gasteiger partial charge in [-0.1, -0.05) is 74.2 Å². The van der Waals surface area contributed by atoms with Crippen LogP contribution in [0.1, 0.15) is 49.4 Å². The zero-order valence-electron chi connectivity index (χ0n) is 19.1. The van der Waals surface area contributed by atoms with Crippen LogP contribution < -0.4 is 0 Å². The molecular weight excluding hydrogens is 390 g/mol. The second-order valence-electron chi connectivity index (χ2n) is 8.74. The molecule has 1 atom stereocenters. The summed E-state index contributed by atoms with van der Waals surface area (Å²) in [5.41, 5.74) is 3.78. The summed E-state index contributed by atoms with van der Waals surface area (Å²) >= 11 is 0. The van der Waals surface area contributed by atoms with Crippen LogP contribution in [0.4, 0.5) is 8.78 Å². The first-order valence-electron chi connectivity index (χ1n) is 10.5. The van der Waals surface area contributed by atoms with Gasteiger partial charge in [0.15, 0.2) is 0 Å². The van der Waals surface area contributed by atoms with Gasteiger partial charge in [0.2, 0.25) is 5.92 Å². The van der Waals surface area contributed by atoms with Crippen molar-refractivity contribution in [3.8, 4) is 0 Å². The van der Waals surface area contributed by atoms with Crippen LogP contribution in [0.3, 0.4) is 0 Å². The molecule has 3 heteroatoms. The van der Waals surface area contributed by atoms with E-state index in [1.807, 2.05) is 36.4 Å². The second-order valence-corrected chi connectivity index (χ2v) is 8.74. The summed E-state index contributed by atoms with van der Waals surface area (Å²) in [6.07, 6.45) is 1.84. The van der Waals surface area contributed by atoms with Crippen molar-refractivity contribution in [3.63, 3.8) is 0 Å². The van der Waals surface area contributed by atoms with E-state index >= 15 is 0 Å². The fraction of sp³-hybridized carbons (Fsp3) is 0.321. The van der Waals surface area contributed by atoms with Crippen LogP contribution in [0.5, 0.6) is 0 Å². The molecule has 3 aromatic rings. The number of rotatable bonds is 6. The summed E-state index contributed by atoms with van der Waals surface area (Å²) in [7, 11) is 0. The molecule has 0 radical (unpaired) electrons. The van der Waals surface area contributed by atoms with Gasteiger partial charge in [-0.15, -0.1) is 0 Å². The van der Waals surface area contributed by atoms with Crippen LogP contribution in [-0.2, 0) is 11.2 Å². The third-order valence-corrected chi connectivity index (χ3v) is 5.63. The first-order valence-corrected chi connectivity index (χ1v) is 10.5. The van der Waals surface area contributed by atoms with Gasteiger partial charge in [-0.2, -0.15) is 0 Å². The molecular formula is C28H32F2O. The van der Waals surface area contributed by atoms with Gasteiger partial charge in [-0.25, -0.2) is 8.78 Å². The molecule has 1 unspecified atom stereocenters. The quantitative estimate of drug-likeness (QED) is 0.394. The van der Waals surface area contributed by atoms with E-state index in [1.165, 1.54) is 34.4 Å². The fourth-order valence-corrected chi connectivity index (χ4v) is 4.05. The molecule has 31 heavy (non-hydrogen) atoms. The van der Waals surface area contributed by atoms with Gasteiger partial charge in [0, 0.05) is 11.8 Å². The molecule has 0 aliphatic heterocycles. The summed E-state index contributed by atoms with van der Waals surface area (Å²) in [4.78, 5) is 11.6. The number of fused-ring (bicyclic) bond motifs is 1. The highest BCUT2D eigenvalue weighted by Crippen LogP contribution is 2.35. The number of Topliss-reactive ketones (excluding diaryl/α,β-unsaturated/α-hetero) is 1. The Morgan fingerprint density at radius 3 is 2.16 bits per heavy atom. The Bertz CT molecular complexity index is 1050. The molecule has 3 rings (SSSR count). The van der Waals surface area contributed by atoms with Gasteiger partial charge in [0.05, 0.1) is 0 Å². The van der Waals surface area contributed by atoms with E-state index in [4.69, 9.17) is 0 Å². The molecule has 0 saturated carbocycles. The predicted molar refractivity (Wildman–Crippen MR) is 128 cm³/mol. The number of benzene rings is 3. The maximum Gasteiger partial charge on any atom is 0.246 e. The average Bonchev–Trinajstić information content (AvgIpc) is 2.67. The highest BCUT2D eigenvalue weighted by molar-refractivity contribution is 5.90. The Kier molecular flexibility index (Phi) is 7.89. The molecule has 0 heterocycles. The summed E-state index contributed by atoms with van der Waals surface area (Å²) in [6, 6.07) is 20.0. The molecule has 1 nitrogen and oxygen atoms in total. The summed E-state index contributed by atoms with van der Waals surface area (Å²) in [6.45, 7) is 12.0. The minimum Gasteiger partial charge on any atom is -0.299 e. The van der Waals surface area contributed by atoms with Crippen LogP contribution in [0, 0.1) is 19.3 Å². The lowest BCUT2D eigenvalue weighted by molar-refractivity contribution is -0.131. The molecule has 0 fully saturated rings. The van der Waals surface area contributed by atoms with Crippen molar-refractivity contribution in [2.75, 3.05) is 0 Å². The highest BCUT2D eigenvalue weighted by atomic mass is 19.3. The third-order valence-electron chi connectivity index (χ3n) is 5.63. The minimum absolute atomic E-state index is 0.192. The number of alkyl halides is 2. The van der Waals surface area contributed by atoms with Gasteiger partial charge in [-0.05, 0) is 73.2 Å². The van der Waals surface area contributed by atoms with Crippen LogP contribution in [0.2, 0.25) is 0 Å². The molecule has 0 bridgehead atoms. The number of halogens is 2. The number of hydrogen-bond acceptors (Lipinski definition) is 1. The van der Waals surface area contributed by atoms with Crippen LogP contribution in [-0.4, -0.2) is 11.7 Å². The van der Waals surface area contributed by atoms with Gasteiger partial charge in [0.25, 0.3) is 0 Å². The summed E-state index contributed by atoms with van der Waals surface area (Å²) in [5.74, 6) is -3.02. The number of ketones is 1. The van der Waals surface area contributed by atoms with Crippen molar-refractivity contribution in [2.24, 2.45) is 5.41 Å². The first-order chi connectivity index (χ1) is 14.4. The van der Waals surface area contributed by atoms with Gasteiger partial charge in [0.1, 0.15) is 5.78 Å². The molecule has 0 spiro atoms. The van der Waals surface area contributed by atoms with Crippen molar-refractivity contribution in [1.29, 1.82) is 0 Å². The Balaban J connectivity index is 0.000000224. The molecule has 0 saturated heterocycles. The number of aryl methyl sites for hydroxylation is 2. The lowest BCUT2D eigenvalue weighted by Gasteiger charge is -2.29.